The largest absolute Gasteiger partial charge is 0.441 e. The van der Waals surface area contributed by atoms with Crippen LogP contribution in [0.1, 0.15) is 6.92 Å². The van der Waals surface area contributed by atoms with E-state index in [9.17, 15) is 13.2 Å². The Balaban J connectivity index is 3.56. The maximum atomic E-state index is 11.7. The molecule has 0 saturated heterocycles. The molecule has 13 heavy (non-hydrogen) atoms. The number of rotatable bonds is 5. The van der Waals surface area contributed by atoms with Gasteiger partial charge in [-0.05, 0) is 18.3 Å². The molecular weight excluding hydrogens is 201 g/mol. The quantitative estimate of drug-likeness (QED) is 0.653. The molecule has 0 heterocycles. The van der Waals surface area contributed by atoms with Crippen LogP contribution in [-0.2, 0) is 0 Å². The molecule has 2 nitrogen and oxygen atoms in total. The SMILES string of the molecule is CCN(CC#N)CCSC(F)(F)F. The second-order valence-corrected chi connectivity index (χ2v) is 3.48. The number of hydrogen-bond donors (Lipinski definition) is 0. The van der Waals surface area contributed by atoms with Crippen LogP contribution in [0.25, 0.3) is 0 Å². The maximum absolute atomic E-state index is 11.7. The molecule has 6 heteroatoms. The van der Waals surface area contributed by atoms with Gasteiger partial charge in [-0.25, -0.2) is 0 Å². The van der Waals surface area contributed by atoms with Gasteiger partial charge < -0.3 is 0 Å². The Morgan fingerprint density at radius 2 is 2.08 bits per heavy atom. The second-order valence-electron chi connectivity index (χ2n) is 2.32. The van der Waals surface area contributed by atoms with E-state index in [4.69, 9.17) is 5.26 Å². The molecule has 0 aromatic rings. The first-order valence-electron chi connectivity index (χ1n) is 3.79. The summed E-state index contributed by atoms with van der Waals surface area (Å²) in [6, 6.07) is 1.90. The number of hydrogen-bond acceptors (Lipinski definition) is 3. The number of nitriles is 1. The minimum atomic E-state index is -4.16. The Morgan fingerprint density at radius 3 is 2.46 bits per heavy atom. The van der Waals surface area contributed by atoms with Crippen molar-refractivity contribution in [2.45, 2.75) is 12.4 Å². The third kappa shape index (κ3) is 7.94. The molecule has 0 aliphatic carbocycles. The molecule has 0 N–H and O–H groups in total. The minimum absolute atomic E-state index is 0.0149. The van der Waals surface area contributed by atoms with Gasteiger partial charge in [0.15, 0.2) is 0 Å². The molecule has 0 saturated carbocycles. The van der Waals surface area contributed by atoms with E-state index in [2.05, 4.69) is 0 Å². The third-order valence-corrected chi connectivity index (χ3v) is 2.13. The van der Waals surface area contributed by atoms with Crippen molar-refractivity contribution < 1.29 is 13.2 Å². The van der Waals surface area contributed by atoms with Gasteiger partial charge in [-0.2, -0.15) is 18.4 Å². The molecule has 0 unspecified atom stereocenters. The van der Waals surface area contributed by atoms with E-state index < -0.39 is 5.51 Å². The summed E-state index contributed by atoms with van der Waals surface area (Å²) in [5.41, 5.74) is -4.16. The molecular formula is C7H11F3N2S. The first-order valence-corrected chi connectivity index (χ1v) is 4.78. The molecule has 0 fully saturated rings. The number of nitrogens with zero attached hydrogens (tertiary/aromatic N) is 2. The van der Waals surface area contributed by atoms with Gasteiger partial charge in [0.25, 0.3) is 0 Å². The van der Waals surface area contributed by atoms with Gasteiger partial charge in [-0.1, -0.05) is 6.92 Å². The average Bonchev–Trinajstić information content (AvgIpc) is 2.01. The predicted molar refractivity (Wildman–Crippen MR) is 46.2 cm³/mol. The normalized spacial score (nSPS) is 11.7. The summed E-state index contributed by atoms with van der Waals surface area (Å²) >= 11 is -0.0480. The topological polar surface area (TPSA) is 27.0 Å². The predicted octanol–water partition coefficient (Wildman–Crippen LogP) is 2.08. The van der Waals surface area contributed by atoms with E-state index in [0.29, 0.717) is 13.1 Å². The fourth-order valence-electron chi connectivity index (χ4n) is 0.739. The van der Waals surface area contributed by atoms with Crippen LogP contribution in [0, 0.1) is 11.3 Å². The molecule has 0 spiro atoms. The molecule has 76 valence electrons. The molecule has 0 aromatic heterocycles. The summed E-state index contributed by atoms with van der Waals surface area (Å²) in [6.07, 6.45) is 0. The smallest absolute Gasteiger partial charge is 0.290 e. The molecule has 0 radical (unpaired) electrons. The zero-order valence-corrected chi connectivity index (χ0v) is 8.08. The second kappa shape index (κ2) is 6.11. The minimum Gasteiger partial charge on any atom is -0.290 e. The van der Waals surface area contributed by atoms with Crippen LogP contribution >= 0.6 is 11.8 Å². The first kappa shape index (κ1) is 12.6. The molecule has 0 aliphatic heterocycles. The molecule has 0 atom stereocenters. The molecule has 0 aromatic carbocycles. The Labute approximate surface area is 79.7 Å². The van der Waals surface area contributed by atoms with Crippen LogP contribution < -0.4 is 0 Å². The van der Waals surface area contributed by atoms with Crippen molar-refractivity contribution in [3.05, 3.63) is 0 Å². The molecule has 0 rings (SSSR count). The third-order valence-electron chi connectivity index (χ3n) is 1.41. The van der Waals surface area contributed by atoms with E-state index in [-0.39, 0.29) is 24.1 Å². The van der Waals surface area contributed by atoms with Crippen LogP contribution in [0.2, 0.25) is 0 Å². The molecule has 0 amide bonds. The highest BCUT2D eigenvalue weighted by Gasteiger charge is 2.27. The van der Waals surface area contributed by atoms with Crippen LogP contribution in [0.3, 0.4) is 0 Å². The highest BCUT2D eigenvalue weighted by Crippen LogP contribution is 2.29. The Bertz CT molecular complexity index is 176. The van der Waals surface area contributed by atoms with Crippen molar-refractivity contribution in [3.63, 3.8) is 0 Å². The van der Waals surface area contributed by atoms with Gasteiger partial charge in [-0.3, -0.25) is 4.90 Å². The van der Waals surface area contributed by atoms with E-state index >= 15 is 0 Å². The highest BCUT2D eigenvalue weighted by molar-refractivity contribution is 8.00. The van der Waals surface area contributed by atoms with Gasteiger partial charge in [0.05, 0.1) is 12.6 Å². The lowest BCUT2D eigenvalue weighted by Crippen LogP contribution is -2.26. The van der Waals surface area contributed by atoms with Gasteiger partial charge in [-0.15, -0.1) is 0 Å². The van der Waals surface area contributed by atoms with Crippen molar-refractivity contribution >= 4 is 11.8 Å². The number of thioether (sulfide) groups is 1. The van der Waals surface area contributed by atoms with Crippen LogP contribution in [0.4, 0.5) is 13.2 Å². The van der Waals surface area contributed by atoms with Crippen molar-refractivity contribution in [1.82, 2.24) is 4.90 Å². The lowest BCUT2D eigenvalue weighted by atomic mass is 10.5. The summed E-state index contributed by atoms with van der Waals surface area (Å²) in [6.45, 7) is 2.91. The summed E-state index contributed by atoms with van der Waals surface area (Å²) in [4.78, 5) is 1.67. The molecule has 0 bridgehead atoms. The Morgan fingerprint density at radius 1 is 1.46 bits per heavy atom. The summed E-state index contributed by atoms with van der Waals surface area (Å²) in [7, 11) is 0. The van der Waals surface area contributed by atoms with E-state index in [1.807, 2.05) is 13.0 Å². The highest BCUT2D eigenvalue weighted by atomic mass is 32.2. The average molecular weight is 212 g/mol. The zero-order chi connectivity index (χ0) is 10.3. The van der Waals surface area contributed by atoms with Crippen LogP contribution in [0.15, 0.2) is 0 Å². The van der Waals surface area contributed by atoms with Gasteiger partial charge >= 0.3 is 5.51 Å². The van der Waals surface area contributed by atoms with E-state index in [1.165, 1.54) is 0 Å². The van der Waals surface area contributed by atoms with Crippen molar-refractivity contribution in [3.8, 4) is 6.07 Å². The lowest BCUT2D eigenvalue weighted by Gasteiger charge is -2.16. The van der Waals surface area contributed by atoms with Crippen molar-refractivity contribution in [2.24, 2.45) is 0 Å². The zero-order valence-electron chi connectivity index (χ0n) is 7.26. The van der Waals surface area contributed by atoms with Gasteiger partial charge in [0.2, 0.25) is 0 Å². The van der Waals surface area contributed by atoms with Crippen molar-refractivity contribution in [1.29, 1.82) is 5.26 Å². The summed E-state index contributed by atoms with van der Waals surface area (Å²) in [5.74, 6) is -0.0149. The standard InChI is InChI=1S/C7H11F3N2S/c1-2-12(4-3-11)5-6-13-7(8,9)10/h2,4-6H2,1H3. The fourth-order valence-corrected chi connectivity index (χ4v) is 1.32. The fraction of sp³-hybridized carbons (Fsp3) is 0.857. The van der Waals surface area contributed by atoms with Gasteiger partial charge in [0.1, 0.15) is 0 Å². The Kier molecular flexibility index (Phi) is 5.91. The van der Waals surface area contributed by atoms with Crippen LogP contribution in [0.5, 0.6) is 0 Å². The number of halogens is 3. The molecule has 0 aliphatic rings. The van der Waals surface area contributed by atoms with Crippen molar-refractivity contribution in [2.75, 3.05) is 25.4 Å². The summed E-state index contributed by atoms with van der Waals surface area (Å²) < 4.78 is 35.0. The van der Waals surface area contributed by atoms with E-state index in [0.717, 1.165) is 0 Å². The first-order chi connectivity index (χ1) is 5.99. The lowest BCUT2D eigenvalue weighted by molar-refractivity contribution is -0.0328. The Hall–Kier alpha value is -0.410. The van der Waals surface area contributed by atoms with Gasteiger partial charge in [0, 0.05) is 12.3 Å². The van der Waals surface area contributed by atoms with E-state index in [1.54, 1.807) is 4.90 Å². The monoisotopic (exact) mass is 212 g/mol. The number of alkyl halides is 3. The maximum Gasteiger partial charge on any atom is 0.441 e. The summed E-state index contributed by atoms with van der Waals surface area (Å²) in [5, 5.41) is 8.31. The van der Waals surface area contributed by atoms with Crippen LogP contribution in [-0.4, -0.2) is 35.8 Å².